The van der Waals surface area contributed by atoms with E-state index in [0.717, 1.165) is 10.5 Å². The molecule has 1 unspecified atom stereocenters. The monoisotopic (exact) mass is 349 g/mol. The summed E-state index contributed by atoms with van der Waals surface area (Å²) in [6.45, 7) is 2.80. The molecule has 0 radical (unpaired) electrons. The van der Waals surface area contributed by atoms with E-state index in [0.29, 0.717) is 6.54 Å². The molecule has 0 aromatic heterocycles. The first-order valence-corrected chi connectivity index (χ1v) is 9.42. The summed E-state index contributed by atoms with van der Waals surface area (Å²) in [6.07, 6.45) is 0. The molecule has 6 heteroatoms. The summed E-state index contributed by atoms with van der Waals surface area (Å²) >= 11 is 0. The molecule has 5 nitrogen and oxygen atoms in total. The number of rotatable bonds is 8. The number of sulfonamides is 1. The number of benzene rings is 2. The first-order valence-electron chi connectivity index (χ1n) is 7.94. The predicted molar refractivity (Wildman–Crippen MR) is 94.3 cm³/mol. The second-order valence-electron chi connectivity index (χ2n) is 6.09. The smallest absolute Gasteiger partial charge is 0.240 e. The van der Waals surface area contributed by atoms with Crippen molar-refractivity contribution >= 4 is 10.0 Å². The number of aliphatic hydroxyl groups is 1. The van der Waals surface area contributed by atoms with Gasteiger partial charge in [-0.15, -0.1) is 0 Å². The Kier molecular flexibility index (Phi) is 6.12. The Hall–Kier alpha value is -1.73. The molecule has 130 valence electrons. The van der Waals surface area contributed by atoms with Crippen molar-refractivity contribution in [3.63, 3.8) is 0 Å². The fourth-order valence-corrected chi connectivity index (χ4v) is 3.83. The van der Waals surface area contributed by atoms with E-state index >= 15 is 0 Å². The Bertz CT molecular complexity index is 735. The van der Waals surface area contributed by atoms with Crippen LogP contribution in [0.5, 0.6) is 0 Å². The lowest BCUT2D eigenvalue weighted by Crippen LogP contribution is -3.17. The van der Waals surface area contributed by atoms with Crippen LogP contribution in [0.25, 0.3) is 0 Å². The van der Waals surface area contributed by atoms with Crippen LogP contribution in [-0.2, 0) is 15.6 Å². The Morgan fingerprint density at radius 2 is 1.58 bits per heavy atom. The fourth-order valence-electron chi connectivity index (χ4n) is 2.67. The van der Waals surface area contributed by atoms with E-state index < -0.39 is 15.6 Å². The molecule has 0 aliphatic carbocycles. The molecule has 2 aromatic rings. The zero-order chi connectivity index (χ0) is 17.6. The van der Waals surface area contributed by atoms with Gasteiger partial charge in [-0.25, -0.2) is 13.1 Å². The van der Waals surface area contributed by atoms with Crippen molar-refractivity contribution < 1.29 is 18.4 Å². The van der Waals surface area contributed by atoms with Crippen LogP contribution in [0.3, 0.4) is 0 Å². The van der Waals surface area contributed by atoms with Crippen LogP contribution in [0.2, 0.25) is 0 Å². The second kappa shape index (κ2) is 7.90. The number of likely N-dealkylation sites (N-methyl/N-ethyl adjacent to an activating group) is 1. The zero-order valence-electron chi connectivity index (χ0n) is 14.1. The minimum atomic E-state index is -3.58. The Labute approximate surface area is 144 Å². The first-order chi connectivity index (χ1) is 11.4. The highest BCUT2D eigenvalue weighted by atomic mass is 32.2. The largest absolute Gasteiger partial charge is 0.391 e. The molecule has 0 bridgehead atoms. The van der Waals surface area contributed by atoms with Crippen molar-refractivity contribution in [1.82, 2.24) is 4.72 Å². The van der Waals surface area contributed by atoms with Crippen LogP contribution >= 0.6 is 0 Å². The van der Waals surface area contributed by atoms with Crippen molar-refractivity contribution in [1.29, 1.82) is 0 Å². The van der Waals surface area contributed by atoms with E-state index in [1.54, 1.807) is 30.3 Å². The molecule has 2 rings (SSSR count). The normalized spacial score (nSPS) is 15.6. The molecule has 3 N–H and O–H groups in total. The van der Waals surface area contributed by atoms with Gasteiger partial charge in [-0.3, -0.25) is 0 Å². The summed E-state index contributed by atoms with van der Waals surface area (Å²) < 4.78 is 27.8. The molecular weight excluding hydrogens is 324 g/mol. The lowest BCUT2D eigenvalue weighted by atomic mass is 9.90. The third-order valence-corrected chi connectivity index (χ3v) is 5.93. The van der Waals surface area contributed by atoms with E-state index in [1.165, 1.54) is 0 Å². The van der Waals surface area contributed by atoms with Gasteiger partial charge >= 0.3 is 0 Å². The first kappa shape index (κ1) is 18.6. The van der Waals surface area contributed by atoms with Crippen molar-refractivity contribution in [2.75, 3.05) is 26.7 Å². The van der Waals surface area contributed by atoms with Gasteiger partial charge in [0.05, 0.1) is 25.1 Å². The molecule has 24 heavy (non-hydrogen) atoms. The van der Waals surface area contributed by atoms with Crippen LogP contribution in [0, 0.1) is 0 Å². The SMILES string of the molecule is C[NH+](CCO)[C@@](C)(CNS(=O)(=O)c1ccccc1)c1ccccc1. The maximum absolute atomic E-state index is 12.5. The van der Waals surface area contributed by atoms with Gasteiger partial charge in [0.2, 0.25) is 10.0 Å². The van der Waals surface area contributed by atoms with Gasteiger partial charge in [0.25, 0.3) is 0 Å². The minimum Gasteiger partial charge on any atom is -0.391 e. The molecule has 0 aliphatic rings. The molecule has 0 saturated heterocycles. The highest BCUT2D eigenvalue weighted by molar-refractivity contribution is 7.89. The van der Waals surface area contributed by atoms with Gasteiger partial charge in [-0.05, 0) is 19.1 Å². The summed E-state index contributed by atoms with van der Waals surface area (Å²) in [4.78, 5) is 1.28. The minimum absolute atomic E-state index is 0.0414. The van der Waals surface area contributed by atoms with Gasteiger partial charge in [-0.2, -0.15) is 0 Å². The predicted octanol–water partition coefficient (Wildman–Crippen LogP) is 0.387. The van der Waals surface area contributed by atoms with Crippen LogP contribution in [0.15, 0.2) is 65.6 Å². The van der Waals surface area contributed by atoms with Gasteiger partial charge in [0.1, 0.15) is 12.1 Å². The van der Waals surface area contributed by atoms with Crippen molar-refractivity contribution in [2.24, 2.45) is 0 Å². The van der Waals surface area contributed by atoms with Crippen LogP contribution in [0.4, 0.5) is 0 Å². The number of quaternary nitrogens is 1. The molecule has 0 aliphatic heterocycles. The highest BCUT2D eigenvalue weighted by Crippen LogP contribution is 2.17. The van der Waals surface area contributed by atoms with Crippen LogP contribution < -0.4 is 9.62 Å². The molecule has 0 amide bonds. The van der Waals surface area contributed by atoms with E-state index in [-0.39, 0.29) is 18.0 Å². The summed E-state index contributed by atoms with van der Waals surface area (Å²) in [5, 5.41) is 9.29. The number of hydrogen-bond donors (Lipinski definition) is 3. The Balaban J connectivity index is 2.27. The van der Waals surface area contributed by atoms with E-state index in [1.807, 2.05) is 44.3 Å². The number of hydrogen-bond acceptors (Lipinski definition) is 3. The molecule has 0 spiro atoms. The average molecular weight is 349 g/mol. The summed E-state index contributed by atoms with van der Waals surface area (Å²) in [5.74, 6) is 0. The Morgan fingerprint density at radius 1 is 1.04 bits per heavy atom. The number of aliphatic hydroxyl groups excluding tert-OH is 1. The lowest BCUT2D eigenvalue weighted by Gasteiger charge is -2.36. The van der Waals surface area contributed by atoms with Crippen LogP contribution in [-0.4, -0.2) is 40.3 Å². The van der Waals surface area contributed by atoms with E-state index in [9.17, 15) is 13.5 Å². The topological polar surface area (TPSA) is 70.8 Å². The standard InChI is InChI=1S/C18H24N2O3S/c1-18(20(2)13-14-21,16-9-5-3-6-10-16)15-19-24(22,23)17-11-7-4-8-12-17/h3-12,19,21H,13-15H2,1-2H3/p+1/t18-/m0/s1. The summed E-state index contributed by atoms with van der Waals surface area (Å²) in [6, 6.07) is 18.1. The van der Waals surface area contributed by atoms with E-state index in [4.69, 9.17) is 0 Å². The average Bonchev–Trinajstić information content (AvgIpc) is 2.61. The summed E-state index contributed by atoms with van der Waals surface area (Å²) in [5.41, 5.74) is 0.526. The second-order valence-corrected chi connectivity index (χ2v) is 7.86. The Morgan fingerprint density at radius 3 is 2.12 bits per heavy atom. The van der Waals surface area contributed by atoms with Gasteiger partial charge < -0.3 is 10.0 Å². The molecule has 2 aromatic carbocycles. The van der Waals surface area contributed by atoms with Crippen molar-refractivity contribution in [3.05, 3.63) is 66.2 Å². The fraction of sp³-hybridized carbons (Fsp3) is 0.333. The summed E-state index contributed by atoms with van der Waals surface area (Å²) in [7, 11) is -1.62. The third kappa shape index (κ3) is 4.21. The molecule has 0 heterocycles. The zero-order valence-corrected chi connectivity index (χ0v) is 14.9. The van der Waals surface area contributed by atoms with Gasteiger partial charge in [0.15, 0.2) is 0 Å². The van der Waals surface area contributed by atoms with E-state index in [2.05, 4.69) is 4.72 Å². The molecule has 0 saturated carbocycles. The van der Waals surface area contributed by atoms with Gasteiger partial charge in [0, 0.05) is 5.56 Å². The third-order valence-electron chi connectivity index (χ3n) is 4.51. The molecule has 2 atom stereocenters. The maximum atomic E-state index is 12.5. The highest BCUT2D eigenvalue weighted by Gasteiger charge is 2.36. The number of nitrogens with one attached hydrogen (secondary N) is 2. The molecule has 0 fully saturated rings. The molecular formula is C18H25N2O3S+. The maximum Gasteiger partial charge on any atom is 0.240 e. The van der Waals surface area contributed by atoms with Crippen molar-refractivity contribution in [2.45, 2.75) is 17.4 Å². The lowest BCUT2D eigenvalue weighted by molar-refractivity contribution is -0.939. The van der Waals surface area contributed by atoms with Crippen LogP contribution in [0.1, 0.15) is 12.5 Å². The van der Waals surface area contributed by atoms with Crippen molar-refractivity contribution in [3.8, 4) is 0 Å². The quantitative estimate of drug-likeness (QED) is 0.646. The van der Waals surface area contributed by atoms with Gasteiger partial charge in [-0.1, -0.05) is 48.5 Å².